The highest BCUT2D eigenvalue weighted by atomic mass is 32.2. The monoisotopic (exact) mass is 293 g/mol. The SMILES string of the molecule is O=C(CCCO)Nc1ccc(S(=O)(=O)C(F)F)cc1. The van der Waals surface area contributed by atoms with Gasteiger partial charge >= 0.3 is 5.76 Å². The third-order valence-corrected chi connectivity index (χ3v) is 3.66. The smallest absolute Gasteiger partial charge is 0.341 e. The fourth-order valence-corrected chi connectivity index (χ4v) is 2.02. The fourth-order valence-electron chi connectivity index (χ4n) is 1.29. The van der Waals surface area contributed by atoms with Crippen LogP contribution >= 0.6 is 0 Å². The summed E-state index contributed by atoms with van der Waals surface area (Å²) in [5.41, 5.74) is 0.302. The average molecular weight is 293 g/mol. The van der Waals surface area contributed by atoms with Gasteiger partial charge in [-0.15, -0.1) is 0 Å². The number of carbonyl (C=O) groups excluding carboxylic acids is 1. The first-order valence-corrected chi connectivity index (χ1v) is 6.95. The van der Waals surface area contributed by atoms with Crippen molar-refractivity contribution in [1.29, 1.82) is 0 Å². The minimum absolute atomic E-state index is 0.112. The quantitative estimate of drug-likeness (QED) is 0.830. The lowest BCUT2D eigenvalue weighted by Gasteiger charge is -2.06. The molecule has 1 aromatic carbocycles. The van der Waals surface area contributed by atoms with E-state index >= 15 is 0 Å². The Morgan fingerprint density at radius 2 is 1.84 bits per heavy atom. The van der Waals surface area contributed by atoms with Crippen molar-refractivity contribution in [1.82, 2.24) is 0 Å². The number of aliphatic hydroxyl groups is 1. The van der Waals surface area contributed by atoms with Gasteiger partial charge in [0.15, 0.2) is 0 Å². The molecule has 8 heteroatoms. The Kier molecular flexibility index (Phi) is 5.37. The van der Waals surface area contributed by atoms with Crippen LogP contribution < -0.4 is 5.32 Å². The summed E-state index contributed by atoms with van der Waals surface area (Å²) in [5, 5.41) is 11.0. The molecule has 2 N–H and O–H groups in total. The van der Waals surface area contributed by atoms with Crippen molar-refractivity contribution >= 4 is 21.4 Å². The standard InChI is InChI=1S/C11H13F2NO4S/c12-11(13)19(17,18)9-5-3-8(4-6-9)14-10(16)2-1-7-15/h3-6,11,15H,1-2,7H2,(H,14,16). The summed E-state index contributed by atoms with van der Waals surface area (Å²) in [4.78, 5) is 10.8. The summed E-state index contributed by atoms with van der Waals surface area (Å²) in [6, 6.07) is 4.46. The maximum absolute atomic E-state index is 12.3. The van der Waals surface area contributed by atoms with Crippen molar-refractivity contribution in [2.24, 2.45) is 0 Å². The molecular weight excluding hydrogens is 280 g/mol. The zero-order valence-corrected chi connectivity index (χ0v) is 10.7. The molecule has 0 bridgehead atoms. The summed E-state index contributed by atoms with van der Waals surface area (Å²) < 4.78 is 46.8. The molecule has 0 aliphatic rings. The minimum atomic E-state index is -4.62. The Morgan fingerprint density at radius 1 is 1.26 bits per heavy atom. The Morgan fingerprint density at radius 3 is 2.32 bits per heavy atom. The van der Waals surface area contributed by atoms with Crippen LogP contribution in [0, 0.1) is 0 Å². The molecule has 0 saturated heterocycles. The number of anilines is 1. The first kappa shape index (κ1) is 15.5. The number of amides is 1. The third-order valence-electron chi connectivity index (χ3n) is 2.26. The molecule has 0 aliphatic carbocycles. The van der Waals surface area contributed by atoms with Gasteiger partial charge in [-0.2, -0.15) is 8.78 Å². The molecule has 0 radical (unpaired) electrons. The van der Waals surface area contributed by atoms with Crippen LogP contribution in [0.5, 0.6) is 0 Å². The van der Waals surface area contributed by atoms with Gasteiger partial charge in [-0.3, -0.25) is 4.79 Å². The highest BCUT2D eigenvalue weighted by molar-refractivity contribution is 7.91. The van der Waals surface area contributed by atoms with Crippen LogP contribution in [-0.4, -0.2) is 31.8 Å². The minimum Gasteiger partial charge on any atom is -0.396 e. The predicted octanol–water partition coefficient (Wildman–Crippen LogP) is 1.39. The molecule has 19 heavy (non-hydrogen) atoms. The maximum atomic E-state index is 12.3. The van der Waals surface area contributed by atoms with E-state index in [4.69, 9.17) is 5.11 Å². The van der Waals surface area contributed by atoms with Crippen LogP contribution in [0.4, 0.5) is 14.5 Å². The van der Waals surface area contributed by atoms with Gasteiger partial charge in [-0.25, -0.2) is 8.42 Å². The molecule has 1 rings (SSSR count). The van der Waals surface area contributed by atoms with Gasteiger partial charge < -0.3 is 10.4 Å². The Hall–Kier alpha value is -1.54. The first-order valence-electron chi connectivity index (χ1n) is 5.40. The van der Waals surface area contributed by atoms with Crippen LogP contribution in [0.15, 0.2) is 29.2 Å². The molecule has 0 aromatic heterocycles. The van der Waals surface area contributed by atoms with E-state index in [0.717, 1.165) is 12.1 Å². The molecule has 0 heterocycles. The van der Waals surface area contributed by atoms with Crippen LogP contribution in [0.3, 0.4) is 0 Å². The maximum Gasteiger partial charge on any atom is 0.341 e. The highest BCUT2D eigenvalue weighted by Crippen LogP contribution is 2.20. The van der Waals surface area contributed by atoms with Gasteiger partial charge in [0, 0.05) is 18.7 Å². The summed E-state index contributed by atoms with van der Waals surface area (Å²) in [6.07, 6.45) is 0.428. The number of carbonyl (C=O) groups is 1. The normalized spacial score (nSPS) is 11.6. The van der Waals surface area contributed by atoms with E-state index in [-0.39, 0.29) is 18.9 Å². The van der Waals surface area contributed by atoms with Gasteiger partial charge in [-0.05, 0) is 30.7 Å². The van der Waals surface area contributed by atoms with Crippen molar-refractivity contribution in [3.63, 3.8) is 0 Å². The van der Waals surface area contributed by atoms with Crippen molar-refractivity contribution in [3.05, 3.63) is 24.3 Å². The number of hydrogen-bond acceptors (Lipinski definition) is 4. The Labute approximate surface area is 109 Å². The molecule has 0 atom stereocenters. The molecule has 106 valence electrons. The molecule has 0 unspecified atom stereocenters. The second kappa shape index (κ2) is 6.58. The van der Waals surface area contributed by atoms with Gasteiger partial charge in [0.25, 0.3) is 0 Å². The third kappa shape index (κ3) is 4.25. The predicted molar refractivity (Wildman–Crippen MR) is 64.6 cm³/mol. The average Bonchev–Trinajstić information content (AvgIpc) is 2.36. The fraction of sp³-hybridized carbons (Fsp3) is 0.364. The van der Waals surface area contributed by atoms with Crippen LogP contribution in [-0.2, 0) is 14.6 Å². The van der Waals surface area contributed by atoms with Crippen LogP contribution in [0.1, 0.15) is 12.8 Å². The van der Waals surface area contributed by atoms with Crippen molar-refractivity contribution in [3.8, 4) is 0 Å². The second-order valence-electron chi connectivity index (χ2n) is 3.71. The molecule has 0 saturated carbocycles. The van der Waals surface area contributed by atoms with E-state index in [1.54, 1.807) is 0 Å². The topological polar surface area (TPSA) is 83.5 Å². The van der Waals surface area contributed by atoms with Crippen LogP contribution in [0.25, 0.3) is 0 Å². The lowest BCUT2D eigenvalue weighted by Crippen LogP contribution is -2.13. The number of benzene rings is 1. The number of halogens is 2. The van der Waals surface area contributed by atoms with E-state index in [1.807, 2.05) is 0 Å². The van der Waals surface area contributed by atoms with Gasteiger partial charge in [0.05, 0.1) is 4.90 Å². The van der Waals surface area contributed by atoms with Crippen molar-refractivity contribution < 1.29 is 27.1 Å². The lowest BCUT2D eigenvalue weighted by atomic mass is 10.3. The summed E-state index contributed by atoms with van der Waals surface area (Å²) in [6.45, 7) is -0.112. The first-order chi connectivity index (χ1) is 8.87. The molecule has 1 aromatic rings. The number of nitrogens with one attached hydrogen (secondary N) is 1. The molecular formula is C11H13F2NO4S. The van der Waals surface area contributed by atoms with E-state index in [9.17, 15) is 22.0 Å². The van der Waals surface area contributed by atoms with Crippen molar-refractivity contribution in [2.75, 3.05) is 11.9 Å². The van der Waals surface area contributed by atoms with Crippen molar-refractivity contribution in [2.45, 2.75) is 23.5 Å². The zero-order chi connectivity index (χ0) is 14.5. The van der Waals surface area contributed by atoms with E-state index in [2.05, 4.69) is 5.32 Å². The number of aliphatic hydroxyl groups excluding tert-OH is 1. The number of rotatable bonds is 6. The molecule has 1 amide bonds. The van der Waals surface area contributed by atoms with Gasteiger partial charge in [-0.1, -0.05) is 0 Å². The number of hydrogen-bond donors (Lipinski definition) is 2. The summed E-state index contributed by atoms with van der Waals surface area (Å²) >= 11 is 0. The Balaban J connectivity index is 2.75. The largest absolute Gasteiger partial charge is 0.396 e. The highest BCUT2D eigenvalue weighted by Gasteiger charge is 2.26. The molecule has 5 nitrogen and oxygen atoms in total. The number of alkyl halides is 2. The molecule has 0 fully saturated rings. The molecule has 0 spiro atoms. The van der Waals surface area contributed by atoms with Gasteiger partial charge in [0.2, 0.25) is 15.7 Å². The number of sulfone groups is 1. The second-order valence-corrected chi connectivity index (χ2v) is 5.62. The summed E-state index contributed by atoms with van der Waals surface area (Å²) in [5.74, 6) is -3.82. The molecule has 0 aliphatic heterocycles. The Bertz CT molecular complexity index is 528. The zero-order valence-electron chi connectivity index (χ0n) is 9.84. The van der Waals surface area contributed by atoms with E-state index in [0.29, 0.717) is 12.1 Å². The van der Waals surface area contributed by atoms with Gasteiger partial charge in [0.1, 0.15) is 0 Å². The van der Waals surface area contributed by atoms with E-state index in [1.165, 1.54) is 12.1 Å². The van der Waals surface area contributed by atoms with E-state index < -0.39 is 20.5 Å². The van der Waals surface area contributed by atoms with Crippen LogP contribution in [0.2, 0.25) is 0 Å². The lowest BCUT2D eigenvalue weighted by molar-refractivity contribution is -0.116. The summed E-state index contributed by atoms with van der Waals surface area (Å²) in [7, 11) is -4.62.